The lowest BCUT2D eigenvalue weighted by Gasteiger charge is -2.49. The van der Waals surface area contributed by atoms with Gasteiger partial charge in [0.2, 0.25) is 0 Å². The van der Waals surface area contributed by atoms with E-state index >= 15 is 0 Å². The van der Waals surface area contributed by atoms with E-state index in [1.807, 2.05) is 0 Å². The molecule has 9 rings (SSSR count). The standard InChI is InChI=1S/C38H66N6/c1-3-13-33-29(11-1)37-35(43(33)27-9-5-7-25(21-27)31-23-39-17-19-41-31)15-16-36-38(37)30-12-2-4-14-34(30)44(36)28-10-6-8-26(22-28)32-24-40-18-20-42-32/h25-42H,1-24H2. The first-order valence-electron chi connectivity index (χ1n) is 20.3. The second-order valence-corrected chi connectivity index (χ2v) is 17.5. The molecule has 9 aliphatic rings. The Morgan fingerprint density at radius 1 is 0.409 bits per heavy atom. The van der Waals surface area contributed by atoms with E-state index in [0.29, 0.717) is 12.1 Å². The first-order chi connectivity index (χ1) is 21.8. The number of piperazine rings is 2. The maximum atomic E-state index is 3.94. The Hall–Kier alpha value is -0.240. The summed E-state index contributed by atoms with van der Waals surface area (Å²) in [5, 5.41) is 15.3. The molecule has 0 bridgehead atoms. The van der Waals surface area contributed by atoms with Gasteiger partial charge in [0.1, 0.15) is 0 Å². The Balaban J connectivity index is 0.981. The van der Waals surface area contributed by atoms with Crippen LogP contribution in [0.15, 0.2) is 0 Å². The van der Waals surface area contributed by atoms with Gasteiger partial charge in [-0.25, -0.2) is 0 Å². The lowest BCUT2D eigenvalue weighted by atomic mass is 9.61. The van der Waals surface area contributed by atoms with Crippen molar-refractivity contribution in [3.63, 3.8) is 0 Å². The molecule has 6 heteroatoms. The molecule has 44 heavy (non-hydrogen) atoms. The van der Waals surface area contributed by atoms with E-state index in [-0.39, 0.29) is 0 Å². The number of rotatable bonds is 4. The molecule has 4 saturated heterocycles. The van der Waals surface area contributed by atoms with E-state index in [1.54, 1.807) is 12.8 Å². The highest BCUT2D eigenvalue weighted by atomic mass is 15.3. The average molecular weight is 607 g/mol. The van der Waals surface area contributed by atoms with Gasteiger partial charge in [-0.05, 0) is 113 Å². The van der Waals surface area contributed by atoms with Gasteiger partial charge in [-0.1, -0.05) is 38.5 Å². The fraction of sp³-hybridized carbons (Fsp3) is 1.00. The predicted octanol–water partition coefficient (Wildman–Crippen LogP) is 4.74. The highest BCUT2D eigenvalue weighted by molar-refractivity contribution is 5.16. The first-order valence-corrected chi connectivity index (χ1v) is 20.3. The van der Waals surface area contributed by atoms with Gasteiger partial charge in [0.15, 0.2) is 0 Å². The number of likely N-dealkylation sites (tertiary alicyclic amines) is 2. The third-order valence-electron chi connectivity index (χ3n) is 15.7. The maximum Gasteiger partial charge on any atom is 0.0221 e. The third kappa shape index (κ3) is 5.27. The van der Waals surface area contributed by atoms with Gasteiger partial charge in [-0.3, -0.25) is 9.80 Å². The van der Waals surface area contributed by atoms with Crippen LogP contribution in [0.1, 0.15) is 116 Å². The summed E-state index contributed by atoms with van der Waals surface area (Å²) in [6.45, 7) is 7.06. The van der Waals surface area contributed by atoms with Crippen molar-refractivity contribution in [2.75, 3.05) is 39.3 Å². The van der Waals surface area contributed by atoms with E-state index in [1.165, 1.54) is 129 Å². The summed E-state index contributed by atoms with van der Waals surface area (Å²) in [4.78, 5) is 6.65. The normalized spacial score (nSPS) is 52.1. The van der Waals surface area contributed by atoms with Crippen molar-refractivity contribution in [2.45, 2.75) is 164 Å². The zero-order valence-electron chi connectivity index (χ0n) is 27.9. The molecule has 248 valence electrons. The topological polar surface area (TPSA) is 54.6 Å². The Bertz CT molecular complexity index is 887. The molecule has 0 spiro atoms. The molecule has 0 aromatic rings. The molecular formula is C38H66N6. The molecule has 5 saturated carbocycles. The van der Waals surface area contributed by atoms with Crippen LogP contribution in [-0.2, 0) is 0 Å². The number of nitrogens with one attached hydrogen (secondary N) is 4. The van der Waals surface area contributed by atoms with E-state index in [4.69, 9.17) is 0 Å². The van der Waals surface area contributed by atoms with E-state index in [9.17, 15) is 0 Å². The van der Waals surface area contributed by atoms with Crippen LogP contribution in [0.4, 0.5) is 0 Å². The van der Waals surface area contributed by atoms with Crippen molar-refractivity contribution < 1.29 is 0 Å². The molecule has 14 unspecified atom stereocenters. The van der Waals surface area contributed by atoms with Gasteiger partial charge >= 0.3 is 0 Å². The molecule has 0 amide bonds. The quantitative estimate of drug-likeness (QED) is 0.371. The second-order valence-electron chi connectivity index (χ2n) is 17.5. The predicted molar refractivity (Wildman–Crippen MR) is 180 cm³/mol. The van der Waals surface area contributed by atoms with E-state index in [0.717, 1.165) is 84.8 Å². The molecular weight excluding hydrogens is 540 g/mol. The zero-order chi connectivity index (χ0) is 29.0. The highest BCUT2D eigenvalue weighted by Crippen LogP contribution is 2.61. The summed E-state index contributed by atoms with van der Waals surface area (Å²) < 4.78 is 0. The average Bonchev–Trinajstić information content (AvgIpc) is 3.62. The second kappa shape index (κ2) is 13.0. The van der Waals surface area contributed by atoms with E-state index in [2.05, 4.69) is 31.1 Å². The van der Waals surface area contributed by atoms with Crippen LogP contribution in [0.25, 0.3) is 0 Å². The van der Waals surface area contributed by atoms with Gasteiger partial charge in [0.25, 0.3) is 0 Å². The largest absolute Gasteiger partial charge is 0.314 e. The summed E-state index contributed by atoms with van der Waals surface area (Å²) >= 11 is 0. The zero-order valence-corrected chi connectivity index (χ0v) is 27.9. The summed E-state index contributed by atoms with van der Waals surface area (Å²) in [6, 6.07) is 6.81. The first kappa shape index (κ1) is 29.9. The highest BCUT2D eigenvalue weighted by Gasteiger charge is 2.63. The number of fused-ring (bicyclic) bond motifs is 7. The van der Waals surface area contributed by atoms with Crippen molar-refractivity contribution in [1.29, 1.82) is 0 Å². The summed E-state index contributed by atoms with van der Waals surface area (Å²) in [5.41, 5.74) is 0. The van der Waals surface area contributed by atoms with Crippen LogP contribution in [0.2, 0.25) is 0 Å². The fourth-order valence-corrected chi connectivity index (χ4v) is 14.3. The molecule has 4 heterocycles. The van der Waals surface area contributed by atoms with Crippen molar-refractivity contribution in [3.8, 4) is 0 Å². The lowest BCUT2D eigenvalue weighted by Crippen LogP contribution is -2.56. The number of nitrogens with zero attached hydrogens (tertiary/aromatic N) is 2. The molecule has 4 aliphatic heterocycles. The van der Waals surface area contributed by atoms with Gasteiger partial charge < -0.3 is 21.3 Å². The molecule has 6 nitrogen and oxygen atoms in total. The minimum atomic E-state index is 0.716. The SMILES string of the molecule is C1CCC2C(C1)C1C3C4CCCCC4N(C4CCCC(C5CNCCN5)C4)C3CCC1N2C1CCCC(C2CNCCN2)C1. The van der Waals surface area contributed by atoms with Crippen LogP contribution in [0, 0.1) is 35.5 Å². The molecule has 14 atom stereocenters. The van der Waals surface area contributed by atoms with Crippen LogP contribution in [0.5, 0.6) is 0 Å². The third-order valence-corrected chi connectivity index (χ3v) is 15.7. The summed E-state index contributed by atoms with van der Waals surface area (Å²) in [6.07, 6.45) is 27.0. The molecule has 0 radical (unpaired) electrons. The Labute approximate surface area is 269 Å². The maximum absolute atomic E-state index is 3.94. The molecule has 9 fully saturated rings. The van der Waals surface area contributed by atoms with Crippen molar-refractivity contribution in [1.82, 2.24) is 31.1 Å². The Morgan fingerprint density at radius 3 is 1.34 bits per heavy atom. The molecule has 5 aliphatic carbocycles. The molecule has 0 aromatic carbocycles. The summed E-state index contributed by atoms with van der Waals surface area (Å²) in [5.74, 6) is 5.81. The lowest BCUT2D eigenvalue weighted by molar-refractivity contribution is 0.00767. The minimum absolute atomic E-state index is 0.716. The minimum Gasteiger partial charge on any atom is -0.314 e. The summed E-state index contributed by atoms with van der Waals surface area (Å²) in [7, 11) is 0. The van der Waals surface area contributed by atoms with Gasteiger partial charge in [0.05, 0.1) is 0 Å². The smallest absolute Gasteiger partial charge is 0.0221 e. The molecule has 0 aromatic heterocycles. The Kier molecular flexibility index (Phi) is 8.82. The van der Waals surface area contributed by atoms with Gasteiger partial charge in [-0.15, -0.1) is 0 Å². The van der Waals surface area contributed by atoms with Crippen LogP contribution in [0.3, 0.4) is 0 Å². The monoisotopic (exact) mass is 607 g/mol. The van der Waals surface area contributed by atoms with Crippen LogP contribution < -0.4 is 21.3 Å². The van der Waals surface area contributed by atoms with Crippen LogP contribution >= 0.6 is 0 Å². The fourth-order valence-electron chi connectivity index (χ4n) is 14.3. The van der Waals surface area contributed by atoms with Crippen molar-refractivity contribution >= 4 is 0 Å². The van der Waals surface area contributed by atoms with Crippen molar-refractivity contribution in [3.05, 3.63) is 0 Å². The van der Waals surface area contributed by atoms with E-state index < -0.39 is 0 Å². The number of hydrogen-bond acceptors (Lipinski definition) is 6. The van der Waals surface area contributed by atoms with Gasteiger partial charge in [-0.2, -0.15) is 0 Å². The van der Waals surface area contributed by atoms with Crippen LogP contribution in [-0.4, -0.2) is 97.4 Å². The van der Waals surface area contributed by atoms with Crippen molar-refractivity contribution in [2.24, 2.45) is 35.5 Å². The Morgan fingerprint density at radius 2 is 0.886 bits per heavy atom. The molecule has 4 N–H and O–H groups in total. The van der Waals surface area contributed by atoms with Gasteiger partial charge in [0, 0.05) is 87.6 Å². The number of hydrogen-bond donors (Lipinski definition) is 4.